The van der Waals surface area contributed by atoms with E-state index in [1.807, 2.05) is 55.5 Å². The van der Waals surface area contributed by atoms with E-state index in [1.54, 1.807) is 36.1 Å². The maximum Gasteiger partial charge on any atom is 0.263 e. The van der Waals surface area contributed by atoms with Crippen molar-refractivity contribution in [3.05, 3.63) is 89.5 Å². The number of hydrogen-bond acceptors (Lipinski definition) is 5. The zero-order valence-electron chi connectivity index (χ0n) is 22.2. The largest absolute Gasteiger partial charge is 0.477 e. The molecule has 0 spiro atoms. The van der Waals surface area contributed by atoms with Crippen LogP contribution in [0, 0.1) is 19.8 Å². The SMILES string of the molecule is Cc1ccc(C)c(S(=O)(=O)N2CCCC(C(=O)N3CC(C(=O)NCc4ccccc4)Oc4ccccc43)C2)c1. The highest BCUT2D eigenvalue weighted by molar-refractivity contribution is 7.89. The Morgan fingerprint density at radius 3 is 2.51 bits per heavy atom. The number of rotatable bonds is 6. The molecule has 2 heterocycles. The zero-order valence-corrected chi connectivity index (χ0v) is 23.0. The van der Waals surface area contributed by atoms with E-state index in [9.17, 15) is 18.0 Å². The van der Waals surface area contributed by atoms with Crippen LogP contribution < -0.4 is 15.0 Å². The molecule has 0 aliphatic carbocycles. The third-order valence-electron chi connectivity index (χ3n) is 7.34. The number of carbonyl (C=O) groups excluding carboxylic acids is 2. The zero-order chi connectivity index (χ0) is 27.6. The molecule has 3 aromatic carbocycles. The fraction of sp³-hybridized carbons (Fsp3) is 0.333. The monoisotopic (exact) mass is 547 g/mol. The third kappa shape index (κ3) is 5.69. The standard InChI is InChI=1S/C30H33N3O5S/c1-21-14-15-22(2)28(17-21)39(36,37)32-16-8-11-24(19-32)30(35)33-20-27(38-26-13-7-6-12-25(26)33)29(34)31-18-23-9-4-3-5-10-23/h3-7,9-10,12-15,17,24,27H,8,11,16,18-20H2,1-2H3,(H,31,34). The number of fused-ring (bicyclic) bond motifs is 1. The summed E-state index contributed by atoms with van der Waals surface area (Å²) in [6, 6.07) is 22.1. The molecular weight excluding hydrogens is 514 g/mol. The van der Waals surface area contributed by atoms with E-state index in [-0.39, 0.29) is 29.8 Å². The summed E-state index contributed by atoms with van der Waals surface area (Å²) < 4.78 is 34.5. The molecule has 0 aromatic heterocycles. The van der Waals surface area contributed by atoms with Gasteiger partial charge in [-0.25, -0.2) is 8.42 Å². The van der Waals surface area contributed by atoms with Crippen molar-refractivity contribution in [2.75, 3.05) is 24.5 Å². The van der Waals surface area contributed by atoms with Crippen molar-refractivity contribution in [3.63, 3.8) is 0 Å². The van der Waals surface area contributed by atoms with E-state index in [0.29, 0.717) is 42.9 Å². The Balaban J connectivity index is 1.34. The van der Waals surface area contributed by atoms with Crippen LogP contribution in [0.2, 0.25) is 0 Å². The Hall–Kier alpha value is -3.69. The molecule has 8 nitrogen and oxygen atoms in total. The number of amides is 2. The number of benzene rings is 3. The fourth-order valence-electron chi connectivity index (χ4n) is 5.19. The van der Waals surface area contributed by atoms with E-state index in [1.165, 1.54) is 4.31 Å². The summed E-state index contributed by atoms with van der Waals surface area (Å²) >= 11 is 0. The number of hydrogen-bond donors (Lipinski definition) is 1. The summed E-state index contributed by atoms with van der Waals surface area (Å²) in [4.78, 5) is 28.8. The molecule has 2 atom stereocenters. The molecule has 0 saturated carbocycles. The number of nitrogens with one attached hydrogen (secondary N) is 1. The lowest BCUT2D eigenvalue weighted by molar-refractivity contribution is -0.129. The molecule has 1 N–H and O–H groups in total. The van der Waals surface area contributed by atoms with Crippen molar-refractivity contribution in [1.82, 2.24) is 9.62 Å². The molecule has 2 aliphatic heterocycles. The number of carbonyl (C=O) groups is 2. The van der Waals surface area contributed by atoms with Crippen molar-refractivity contribution in [1.29, 1.82) is 0 Å². The minimum absolute atomic E-state index is 0.0523. The van der Waals surface area contributed by atoms with Crippen LogP contribution in [0.15, 0.2) is 77.7 Å². The van der Waals surface area contributed by atoms with Gasteiger partial charge in [0, 0.05) is 19.6 Å². The molecule has 0 bridgehead atoms. The van der Waals surface area contributed by atoms with E-state index >= 15 is 0 Å². The van der Waals surface area contributed by atoms with Crippen LogP contribution >= 0.6 is 0 Å². The van der Waals surface area contributed by atoms with Crippen molar-refractivity contribution >= 4 is 27.5 Å². The fourth-order valence-corrected chi connectivity index (χ4v) is 7.02. The molecular formula is C30H33N3O5S. The number of aryl methyl sites for hydroxylation is 2. The average molecular weight is 548 g/mol. The van der Waals surface area contributed by atoms with Crippen LogP contribution in [0.1, 0.15) is 29.5 Å². The third-order valence-corrected chi connectivity index (χ3v) is 9.34. The summed E-state index contributed by atoms with van der Waals surface area (Å²) in [5.74, 6) is -0.591. The highest BCUT2D eigenvalue weighted by atomic mass is 32.2. The first kappa shape index (κ1) is 26.9. The van der Waals surface area contributed by atoms with Crippen LogP contribution in [-0.2, 0) is 26.2 Å². The number of ether oxygens (including phenoxy) is 1. The van der Waals surface area contributed by atoms with Gasteiger partial charge in [-0.05, 0) is 61.6 Å². The Labute approximate surface area is 229 Å². The first-order chi connectivity index (χ1) is 18.7. The van der Waals surface area contributed by atoms with Gasteiger partial charge in [0.2, 0.25) is 15.9 Å². The molecule has 39 heavy (non-hydrogen) atoms. The summed E-state index contributed by atoms with van der Waals surface area (Å²) in [6.07, 6.45) is 0.265. The van der Waals surface area contributed by atoms with Gasteiger partial charge in [-0.15, -0.1) is 0 Å². The Morgan fingerprint density at radius 2 is 1.72 bits per heavy atom. The molecule has 2 aliphatic rings. The van der Waals surface area contributed by atoms with Crippen molar-refractivity contribution in [2.45, 2.75) is 44.2 Å². The van der Waals surface area contributed by atoms with Gasteiger partial charge in [-0.3, -0.25) is 9.59 Å². The number of piperidine rings is 1. The molecule has 2 unspecified atom stereocenters. The van der Waals surface area contributed by atoms with E-state index in [2.05, 4.69) is 5.32 Å². The second-order valence-corrected chi connectivity index (χ2v) is 12.1. The summed E-state index contributed by atoms with van der Waals surface area (Å²) in [5.41, 5.74) is 3.09. The molecule has 1 fully saturated rings. The van der Waals surface area contributed by atoms with Gasteiger partial charge < -0.3 is 15.0 Å². The predicted octanol–water partition coefficient (Wildman–Crippen LogP) is 3.81. The highest BCUT2D eigenvalue weighted by Crippen LogP contribution is 2.36. The van der Waals surface area contributed by atoms with Crippen LogP contribution in [-0.4, -0.2) is 50.3 Å². The summed E-state index contributed by atoms with van der Waals surface area (Å²) in [5, 5.41) is 2.90. The van der Waals surface area contributed by atoms with Gasteiger partial charge in [-0.1, -0.05) is 54.6 Å². The quantitative estimate of drug-likeness (QED) is 0.506. The van der Waals surface area contributed by atoms with E-state index in [4.69, 9.17) is 4.74 Å². The summed E-state index contributed by atoms with van der Waals surface area (Å²) in [7, 11) is -3.76. The first-order valence-corrected chi connectivity index (χ1v) is 14.6. The minimum Gasteiger partial charge on any atom is -0.477 e. The molecule has 3 aromatic rings. The van der Waals surface area contributed by atoms with Gasteiger partial charge in [0.05, 0.1) is 23.0 Å². The lowest BCUT2D eigenvalue weighted by Gasteiger charge is -2.38. The van der Waals surface area contributed by atoms with Gasteiger partial charge in [0.15, 0.2) is 6.10 Å². The van der Waals surface area contributed by atoms with Crippen molar-refractivity contribution in [2.24, 2.45) is 5.92 Å². The second-order valence-electron chi connectivity index (χ2n) is 10.2. The Morgan fingerprint density at radius 1 is 0.974 bits per heavy atom. The minimum atomic E-state index is -3.76. The van der Waals surface area contributed by atoms with Gasteiger partial charge in [-0.2, -0.15) is 4.31 Å². The number of para-hydroxylation sites is 2. The number of sulfonamides is 1. The van der Waals surface area contributed by atoms with Gasteiger partial charge in [0.25, 0.3) is 5.91 Å². The topological polar surface area (TPSA) is 96.0 Å². The molecule has 9 heteroatoms. The second kappa shape index (κ2) is 11.2. The normalized spacial score (nSPS) is 19.6. The van der Waals surface area contributed by atoms with Crippen LogP contribution in [0.25, 0.3) is 0 Å². The van der Waals surface area contributed by atoms with Crippen LogP contribution in [0.3, 0.4) is 0 Å². The highest BCUT2D eigenvalue weighted by Gasteiger charge is 2.40. The maximum atomic E-state index is 13.9. The van der Waals surface area contributed by atoms with Gasteiger partial charge in [0.1, 0.15) is 5.75 Å². The predicted molar refractivity (Wildman–Crippen MR) is 149 cm³/mol. The molecule has 0 radical (unpaired) electrons. The molecule has 204 valence electrons. The van der Waals surface area contributed by atoms with Crippen LogP contribution in [0.5, 0.6) is 5.75 Å². The molecule has 2 amide bonds. The molecule has 1 saturated heterocycles. The van der Waals surface area contributed by atoms with Crippen LogP contribution in [0.4, 0.5) is 5.69 Å². The lowest BCUT2D eigenvalue weighted by atomic mass is 9.97. The Kier molecular flexibility index (Phi) is 7.72. The maximum absolute atomic E-state index is 13.9. The van der Waals surface area contributed by atoms with E-state index < -0.39 is 22.0 Å². The average Bonchev–Trinajstić information content (AvgIpc) is 2.96. The number of anilines is 1. The number of nitrogens with zero attached hydrogens (tertiary/aromatic N) is 2. The summed E-state index contributed by atoms with van der Waals surface area (Å²) in [6.45, 7) is 4.51. The van der Waals surface area contributed by atoms with Crippen molar-refractivity contribution in [3.8, 4) is 5.75 Å². The van der Waals surface area contributed by atoms with Crippen molar-refractivity contribution < 1.29 is 22.7 Å². The Bertz CT molecular complexity index is 1470. The smallest absolute Gasteiger partial charge is 0.263 e. The van der Waals surface area contributed by atoms with E-state index in [0.717, 1.165) is 11.1 Å². The first-order valence-electron chi connectivity index (χ1n) is 13.2. The molecule has 5 rings (SSSR count). The lowest BCUT2D eigenvalue weighted by Crippen LogP contribution is -2.54. The van der Waals surface area contributed by atoms with Gasteiger partial charge >= 0.3 is 0 Å².